The SMILES string of the molecule is CCc1c(-c2ccccn2)c(C(N)=O)c(C)n1CCN1CCCCC1. The molecule has 0 aliphatic carbocycles. The van der Waals surface area contributed by atoms with Gasteiger partial charge < -0.3 is 15.2 Å². The van der Waals surface area contributed by atoms with Gasteiger partial charge in [-0.3, -0.25) is 9.78 Å². The summed E-state index contributed by atoms with van der Waals surface area (Å²) in [5.74, 6) is -0.371. The van der Waals surface area contributed by atoms with Crippen LogP contribution < -0.4 is 5.73 Å². The second kappa shape index (κ2) is 7.83. The molecule has 1 aliphatic heterocycles. The van der Waals surface area contributed by atoms with Gasteiger partial charge in [-0.05, 0) is 51.4 Å². The van der Waals surface area contributed by atoms with E-state index in [2.05, 4.69) is 21.4 Å². The lowest BCUT2D eigenvalue weighted by Gasteiger charge is -2.27. The number of pyridine rings is 1. The number of amides is 1. The summed E-state index contributed by atoms with van der Waals surface area (Å²) in [5.41, 5.74) is 10.2. The van der Waals surface area contributed by atoms with E-state index in [9.17, 15) is 4.79 Å². The molecule has 0 radical (unpaired) electrons. The first kappa shape index (κ1) is 17.7. The molecule has 25 heavy (non-hydrogen) atoms. The van der Waals surface area contributed by atoms with Crippen LogP contribution in [0.3, 0.4) is 0 Å². The highest BCUT2D eigenvalue weighted by Gasteiger charge is 2.24. The monoisotopic (exact) mass is 340 g/mol. The topological polar surface area (TPSA) is 64.1 Å². The number of nitrogens with zero attached hydrogens (tertiary/aromatic N) is 3. The first-order valence-electron chi connectivity index (χ1n) is 9.29. The summed E-state index contributed by atoms with van der Waals surface area (Å²) in [5, 5.41) is 0. The first-order valence-corrected chi connectivity index (χ1v) is 9.29. The number of carbonyl (C=O) groups is 1. The first-order chi connectivity index (χ1) is 12.1. The van der Waals surface area contributed by atoms with Gasteiger partial charge in [-0.15, -0.1) is 0 Å². The highest BCUT2D eigenvalue weighted by molar-refractivity contribution is 6.01. The largest absolute Gasteiger partial charge is 0.366 e. The minimum Gasteiger partial charge on any atom is -0.366 e. The molecule has 1 amide bonds. The van der Waals surface area contributed by atoms with E-state index in [4.69, 9.17) is 5.73 Å². The van der Waals surface area contributed by atoms with E-state index >= 15 is 0 Å². The predicted molar refractivity (Wildman–Crippen MR) is 101 cm³/mol. The Morgan fingerprint density at radius 2 is 1.96 bits per heavy atom. The molecule has 3 heterocycles. The number of piperidine rings is 1. The number of carbonyl (C=O) groups excluding carboxylic acids is 1. The summed E-state index contributed by atoms with van der Waals surface area (Å²) in [6.45, 7) is 8.39. The lowest BCUT2D eigenvalue weighted by atomic mass is 10.0. The van der Waals surface area contributed by atoms with Crippen LogP contribution in [0.15, 0.2) is 24.4 Å². The Morgan fingerprint density at radius 3 is 2.56 bits per heavy atom. The highest BCUT2D eigenvalue weighted by Crippen LogP contribution is 2.32. The summed E-state index contributed by atoms with van der Waals surface area (Å²) >= 11 is 0. The van der Waals surface area contributed by atoms with Gasteiger partial charge in [0.1, 0.15) is 0 Å². The maximum absolute atomic E-state index is 12.2. The summed E-state index contributed by atoms with van der Waals surface area (Å²) in [6.07, 6.45) is 6.53. The van der Waals surface area contributed by atoms with Crippen molar-refractivity contribution in [3.8, 4) is 11.3 Å². The van der Waals surface area contributed by atoms with E-state index in [0.717, 1.165) is 42.2 Å². The van der Waals surface area contributed by atoms with Gasteiger partial charge in [0, 0.05) is 36.2 Å². The molecule has 0 bridgehead atoms. The Hall–Kier alpha value is -2.14. The molecule has 2 aromatic rings. The number of likely N-dealkylation sites (tertiary alicyclic amines) is 1. The van der Waals surface area contributed by atoms with Crippen LogP contribution in [0.1, 0.15) is 47.9 Å². The molecule has 1 saturated heterocycles. The van der Waals surface area contributed by atoms with E-state index in [1.165, 1.54) is 32.4 Å². The zero-order valence-electron chi connectivity index (χ0n) is 15.3. The van der Waals surface area contributed by atoms with E-state index in [1.54, 1.807) is 6.20 Å². The maximum atomic E-state index is 12.2. The van der Waals surface area contributed by atoms with Crippen LogP contribution in [0.5, 0.6) is 0 Å². The number of rotatable bonds is 6. The Bertz CT molecular complexity index is 730. The molecule has 2 N–H and O–H groups in total. The van der Waals surface area contributed by atoms with E-state index < -0.39 is 0 Å². The normalized spacial score (nSPS) is 15.4. The molecule has 0 aromatic carbocycles. The summed E-state index contributed by atoms with van der Waals surface area (Å²) in [4.78, 5) is 19.2. The number of aromatic nitrogens is 2. The summed E-state index contributed by atoms with van der Waals surface area (Å²) in [6, 6.07) is 5.79. The average Bonchev–Trinajstić information content (AvgIpc) is 2.93. The third-order valence-corrected chi connectivity index (χ3v) is 5.22. The van der Waals surface area contributed by atoms with Crippen molar-refractivity contribution >= 4 is 5.91 Å². The van der Waals surface area contributed by atoms with Gasteiger partial charge in [0.2, 0.25) is 0 Å². The van der Waals surface area contributed by atoms with Crippen molar-refractivity contribution in [1.82, 2.24) is 14.5 Å². The quantitative estimate of drug-likeness (QED) is 0.879. The zero-order valence-corrected chi connectivity index (χ0v) is 15.3. The van der Waals surface area contributed by atoms with E-state index in [0.29, 0.717) is 5.56 Å². The fourth-order valence-corrected chi connectivity index (χ4v) is 3.98. The van der Waals surface area contributed by atoms with Crippen LogP contribution >= 0.6 is 0 Å². The lowest BCUT2D eigenvalue weighted by Crippen LogP contribution is -2.33. The Labute approximate surface area is 149 Å². The number of primary amides is 1. The number of hydrogen-bond acceptors (Lipinski definition) is 3. The van der Waals surface area contributed by atoms with Crippen LogP contribution in [0.2, 0.25) is 0 Å². The molecule has 5 heteroatoms. The molecule has 0 spiro atoms. The molecule has 0 unspecified atom stereocenters. The zero-order chi connectivity index (χ0) is 17.8. The van der Waals surface area contributed by atoms with Gasteiger partial charge in [-0.1, -0.05) is 19.4 Å². The molecular formula is C20H28N4O. The molecule has 1 aliphatic rings. The van der Waals surface area contributed by atoms with Crippen molar-refractivity contribution in [3.63, 3.8) is 0 Å². The van der Waals surface area contributed by atoms with Crippen molar-refractivity contribution < 1.29 is 4.79 Å². The third-order valence-electron chi connectivity index (χ3n) is 5.22. The van der Waals surface area contributed by atoms with Crippen molar-refractivity contribution in [1.29, 1.82) is 0 Å². The smallest absolute Gasteiger partial charge is 0.251 e. The molecule has 134 valence electrons. The van der Waals surface area contributed by atoms with Crippen LogP contribution in [0.25, 0.3) is 11.3 Å². The second-order valence-electron chi connectivity index (χ2n) is 6.77. The van der Waals surface area contributed by atoms with Gasteiger partial charge in [-0.2, -0.15) is 0 Å². The Kier molecular flexibility index (Phi) is 5.53. The van der Waals surface area contributed by atoms with Gasteiger partial charge in [0.15, 0.2) is 0 Å². The molecule has 1 fully saturated rings. The molecular weight excluding hydrogens is 312 g/mol. The van der Waals surface area contributed by atoms with Gasteiger partial charge in [0.05, 0.1) is 11.3 Å². The minimum absolute atomic E-state index is 0.371. The number of hydrogen-bond donors (Lipinski definition) is 1. The van der Waals surface area contributed by atoms with E-state index in [1.807, 2.05) is 25.1 Å². The Morgan fingerprint density at radius 1 is 1.20 bits per heavy atom. The number of nitrogens with two attached hydrogens (primary N) is 1. The lowest BCUT2D eigenvalue weighted by molar-refractivity contribution is 0.1000. The van der Waals surface area contributed by atoms with Gasteiger partial charge >= 0.3 is 0 Å². The van der Waals surface area contributed by atoms with Gasteiger partial charge in [-0.25, -0.2) is 0 Å². The van der Waals surface area contributed by atoms with Gasteiger partial charge in [0.25, 0.3) is 5.91 Å². The fourth-order valence-electron chi connectivity index (χ4n) is 3.98. The second-order valence-corrected chi connectivity index (χ2v) is 6.77. The molecule has 2 aromatic heterocycles. The third kappa shape index (κ3) is 3.61. The Balaban J connectivity index is 1.98. The summed E-state index contributed by atoms with van der Waals surface area (Å²) in [7, 11) is 0. The van der Waals surface area contributed by atoms with Crippen LogP contribution in [-0.2, 0) is 13.0 Å². The van der Waals surface area contributed by atoms with Crippen molar-refractivity contribution in [2.75, 3.05) is 19.6 Å². The maximum Gasteiger partial charge on any atom is 0.251 e. The van der Waals surface area contributed by atoms with Crippen molar-refractivity contribution in [3.05, 3.63) is 41.3 Å². The standard InChI is InChI=1S/C20H28N4O/c1-3-17-19(16-9-5-6-10-22-16)18(20(21)25)15(2)24(17)14-13-23-11-7-4-8-12-23/h5-6,9-10H,3-4,7-8,11-14H2,1-2H3,(H2,21,25). The van der Waals surface area contributed by atoms with Crippen LogP contribution in [0, 0.1) is 6.92 Å². The molecule has 3 rings (SSSR count). The van der Waals surface area contributed by atoms with E-state index in [-0.39, 0.29) is 5.91 Å². The van der Waals surface area contributed by atoms with Crippen LogP contribution in [0.4, 0.5) is 0 Å². The predicted octanol–water partition coefficient (Wildman–Crippen LogP) is 3.01. The average molecular weight is 340 g/mol. The van der Waals surface area contributed by atoms with Crippen molar-refractivity contribution in [2.24, 2.45) is 5.73 Å². The minimum atomic E-state index is -0.371. The molecule has 0 saturated carbocycles. The molecule has 5 nitrogen and oxygen atoms in total. The van der Waals surface area contributed by atoms with Crippen molar-refractivity contribution in [2.45, 2.75) is 46.1 Å². The molecule has 0 atom stereocenters. The summed E-state index contributed by atoms with van der Waals surface area (Å²) < 4.78 is 2.28. The fraction of sp³-hybridized carbons (Fsp3) is 0.500. The highest BCUT2D eigenvalue weighted by atomic mass is 16.1. The van der Waals surface area contributed by atoms with Crippen LogP contribution in [-0.4, -0.2) is 40.0 Å².